The molecule has 0 saturated heterocycles. The minimum Gasteiger partial charge on any atom is -0.132 e. The second-order valence-corrected chi connectivity index (χ2v) is 5.07. The molecule has 1 aromatic rings. The Labute approximate surface area is 79.1 Å². The van der Waals surface area contributed by atoms with Gasteiger partial charge in [-0.15, -0.1) is 11.3 Å². The van der Waals surface area contributed by atoms with Gasteiger partial charge in [-0.1, -0.05) is 19.1 Å². The van der Waals surface area contributed by atoms with E-state index in [0.717, 1.165) is 6.42 Å². The van der Waals surface area contributed by atoms with Gasteiger partial charge < -0.3 is 0 Å². The lowest BCUT2D eigenvalue weighted by Crippen LogP contribution is -1.81. The molecule has 2 rings (SSSR count). The Bertz CT molecular complexity index is 310. The van der Waals surface area contributed by atoms with Crippen molar-refractivity contribution in [2.75, 3.05) is 0 Å². The van der Waals surface area contributed by atoms with E-state index in [9.17, 15) is 0 Å². The lowest BCUT2D eigenvalue weighted by Gasteiger charge is -1.92. The molecular weight excluding hydrogens is 220 g/mol. The predicted molar refractivity (Wildman–Crippen MR) is 54.1 cm³/mol. The van der Waals surface area contributed by atoms with Gasteiger partial charge in [0.05, 0.1) is 3.79 Å². The van der Waals surface area contributed by atoms with Crippen LogP contribution in [-0.2, 0) is 12.8 Å². The number of rotatable bonds is 1. The Morgan fingerprint density at radius 3 is 3.18 bits per heavy atom. The first-order valence-corrected chi connectivity index (χ1v) is 5.40. The first-order valence-electron chi connectivity index (χ1n) is 3.79. The van der Waals surface area contributed by atoms with Crippen LogP contribution in [0, 0.1) is 0 Å². The highest BCUT2D eigenvalue weighted by molar-refractivity contribution is 9.11. The van der Waals surface area contributed by atoms with Crippen LogP contribution in [0.15, 0.2) is 9.86 Å². The summed E-state index contributed by atoms with van der Waals surface area (Å²) in [5.41, 5.74) is 2.97. The van der Waals surface area contributed by atoms with Crippen molar-refractivity contribution in [3.63, 3.8) is 0 Å². The molecule has 1 aromatic heterocycles. The molecule has 0 radical (unpaired) electrons. The van der Waals surface area contributed by atoms with Gasteiger partial charge in [0.25, 0.3) is 0 Å². The highest BCUT2D eigenvalue weighted by atomic mass is 79.9. The molecule has 0 bridgehead atoms. The number of thiophene rings is 1. The third-order valence-electron chi connectivity index (χ3n) is 2.01. The minimum absolute atomic E-state index is 1.14. The van der Waals surface area contributed by atoms with Gasteiger partial charge >= 0.3 is 0 Å². The number of halogens is 1. The van der Waals surface area contributed by atoms with Crippen molar-refractivity contribution in [1.82, 2.24) is 0 Å². The van der Waals surface area contributed by atoms with Gasteiger partial charge in [-0.2, -0.15) is 0 Å². The summed E-state index contributed by atoms with van der Waals surface area (Å²) in [6.07, 6.45) is 6.76. The van der Waals surface area contributed by atoms with Crippen molar-refractivity contribution < 1.29 is 0 Å². The van der Waals surface area contributed by atoms with E-state index >= 15 is 0 Å². The molecule has 0 N–H and O–H groups in total. The second kappa shape index (κ2) is 2.76. The maximum absolute atomic E-state index is 3.58. The molecule has 0 amide bonds. The Hall–Kier alpha value is -0.0800. The van der Waals surface area contributed by atoms with Gasteiger partial charge in [-0.05, 0) is 34.3 Å². The molecule has 0 aliphatic heterocycles. The fourth-order valence-electron chi connectivity index (χ4n) is 1.46. The van der Waals surface area contributed by atoms with Crippen molar-refractivity contribution in [3.05, 3.63) is 25.9 Å². The van der Waals surface area contributed by atoms with E-state index in [-0.39, 0.29) is 0 Å². The summed E-state index contributed by atoms with van der Waals surface area (Å²) in [5.74, 6) is 0. The minimum atomic E-state index is 1.14. The third-order valence-corrected chi connectivity index (χ3v) is 4.11. The lowest BCUT2D eigenvalue weighted by atomic mass is 10.1. The molecule has 0 fully saturated rings. The molecule has 0 atom stereocenters. The summed E-state index contributed by atoms with van der Waals surface area (Å²) in [7, 11) is 0. The van der Waals surface area contributed by atoms with Crippen LogP contribution in [0.4, 0.5) is 0 Å². The fraction of sp³-hybridized carbons (Fsp3) is 0.333. The zero-order valence-electron chi connectivity index (χ0n) is 6.36. The summed E-state index contributed by atoms with van der Waals surface area (Å²) in [6.45, 7) is 2.22. The molecule has 0 spiro atoms. The van der Waals surface area contributed by atoms with E-state index in [2.05, 4.69) is 35.0 Å². The Morgan fingerprint density at radius 2 is 2.45 bits per heavy atom. The average molecular weight is 229 g/mol. The molecule has 0 unspecified atom stereocenters. The maximum atomic E-state index is 3.58. The van der Waals surface area contributed by atoms with Crippen LogP contribution in [0.3, 0.4) is 0 Å². The summed E-state index contributed by atoms with van der Waals surface area (Å²) < 4.78 is 1.30. The summed E-state index contributed by atoms with van der Waals surface area (Å²) in [5, 5.41) is 0. The fourth-order valence-corrected chi connectivity index (χ4v) is 3.40. The van der Waals surface area contributed by atoms with Crippen LogP contribution in [0.2, 0.25) is 0 Å². The van der Waals surface area contributed by atoms with Gasteiger partial charge in [0, 0.05) is 10.4 Å². The number of allylic oxidation sites excluding steroid dienone is 1. The molecule has 1 aliphatic rings. The summed E-state index contributed by atoms with van der Waals surface area (Å²) in [6, 6.07) is 0. The maximum Gasteiger partial charge on any atom is 0.0776 e. The van der Waals surface area contributed by atoms with E-state index in [1.807, 2.05) is 11.3 Å². The zero-order chi connectivity index (χ0) is 7.84. The van der Waals surface area contributed by atoms with Crippen molar-refractivity contribution in [1.29, 1.82) is 0 Å². The van der Waals surface area contributed by atoms with Crippen LogP contribution < -0.4 is 0 Å². The quantitative estimate of drug-likeness (QED) is 0.689. The number of aryl methyl sites for hydroxylation is 1. The molecule has 11 heavy (non-hydrogen) atoms. The van der Waals surface area contributed by atoms with Crippen LogP contribution in [0.25, 0.3) is 6.08 Å². The van der Waals surface area contributed by atoms with E-state index < -0.39 is 0 Å². The normalized spacial score (nSPS) is 14.0. The molecule has 1 aliphatic carbocycles. The topological polar surface area (TPSA) is 0 Å². The first kappa shape index (κ1) is 7.56. The first-order chi connectivity index (χ1) is 5.33. The summed E-state index contributed by atoms with van der Waals surface area (Å²) >= 11 is 5.46. The highest BCUT2D eigenvalue weighted by Crippen LogP contribution is 2.37. The average Bonchev–Trinajstić information content (AvgIpc) is 2.54. The van der Waals surface area contributed by atoms with Crippen LogP contribution in [-0.4, -0.2) is 0 Å². The van der Waals surface area contributed by atoms with Crippen molar-refractivity contribution in [2.24, 2.45) is 0 Å². The molecular formula is C9H9BrS. The summed E-state index contributed by atoms with van der Waals surface area (Å²) in [4.78, 5) is 1.54. The van der Waals surface area contributed by atoms with Crippen molar-refractivity contribution in [2.45, 2.75) is 19.8 Å². The zero-order valence-corrected chi connectivity index (χ0v) is 8.76. The number of hydrogen-bond acceptors (Lipinski definition) is 1. The van der Waals surface area contributed by atoms with Gasteiger partial charge in [0.1, 0.15) is 0 Å². The largest absolute Gasteiger partial charge is 0.132 e. The van der Waals surface area contributed by atoms with Gasteiger partial charge in [0.2, 0.25) is 0 Å². The standard InChI is InChI=1S/C9H9BrS/c1-2-8-6-4-3-5-7(6)9(10)11-8/h3,5H,2,4H2,1H3. The molecule has 58 valence electrons. The van der Waals surface area contributed by atoms with Crippen molar-refractivity contribution in [3.8, 4) is 0 Å². The van der Waals surface area contributed by atoms with Crippen LogP contribution >= 0.6 is 27.3 Å². The lowest BCUT2D eigenvalue weighted by molar-refractivity contribution is 1.13. The SMILES string of the molecule is CCc1sc(Br)c2c1CC=C2. The van der Waals surface area contributed by atoms with Crippen LogP contribution in [0.1, 0.15) is 22.9 Å². The molecule has 0 aromatic carbocycles. The van der Waals surface area contributed by atoms with Gasteiger partial charge in [-0.3, -0.25) is 0 Å². The molecule has 0 nitrogen and oxygen atoms in total. The smallest absolute Gasteiger partial charge is 0.0776 e. The Balaban J connectivity index is 2.58. The predicted octanol–water partition coefficient (Wildman–Crippen LogP) is 3.64. The van der Waals surface area contributed by atoms with Crippen LogP contribution in [0.5, 0.6) is 0 Å². The number of hydrogen-bond donors (Lipinski definition) is 0. The van der Waals surface area contributed by atoms with E-state index in [1.165, 1.54) is 20.6 Å². The molecule has 2 heteroatoms. The Kier molecular flexibility index (Phi) is 1.90. The highest BCUT2D eigenvalue weighted by Gasteiger charge is 2.15. The monoisotopic (exact) mass is 228 g/mol. The molecule has 0 saturated carbocycles. The van der Waals surface area contributed by atoms with E-state index in [1.54, 1.807) is 5.56 Å². The van der Waals surface area contributed by atoms with E-state index in [4.69, 9.17) is 0 Å². The number of fused-ring (bicyclic) bond motifs is 1. The molecule has 1 heterocycles. The third kappa shape index (κ3) is 1.09. The van der Waals surface area contributed by atoms with Gasteiger partial charge in [0.15, 0.2) is 0 Å². The van der Waals surface area contributed by atoms with Crippen molar-refractivity contribution >= 4 is 33.3 Å². The Morgan fingerprint density at radius 1 is 1.64 bits per heavy atom. The van der Waals surface area contributed by atoms with Gasteiger partial charge in [-0.25, -0.2) is 0 Å². The second-order valence-electron chi connectivity index (χ2n) is 2.65. The van der Waals surface area contributed by atoms with E-state index in [0.29, 0.717) is 0 Å².